The maximum absolute atomic E-state index is 10.5. The Hall–Kier alpha value is -1.58. The third-order valence-corrected chi connectivity index (χ3v) is 3.48. The van der Waals surface area contributed by atoms with E-state index in [0.717, 1.165) is 18.6 Å². The van der Waals surface area contributed by atoms with E-state index in [1.54, 1.807) is 0 Å². The summed E-state index contributed by atoms with van der Waals surface area (Å²) < 4.78 is 0. The number of amides is 2. The molecule has 4 nitrogen and oxygen atoms in total. The minimum atomic E-state index is -0.620. The van der Waals surface area contributed by atoms with E-state index in [2.05, 4.69) is 31.0 Å². The molecule has 0 aromatic carbocycles. The Labute approximate surface area is 109 Å². The van der Waals surface area contributed by atoms with Crippen molar-refractivity contribution in [3.63, 3.8) is 0 Å². The zero-order valence-electron chi connectivity index (χ0n) is 11.5. The second-order valence-electron chi connectivity index (χ2n) is 5.07. The van der Waals surface area contributed by atoms with Crippen molar-refractivity contribution in [1.82, 2.24) is 5.43 Å². The average Bonchev–Trinajstić information content (AvgIpc) is 2.65. The average molecular weight is 249 g/mol. The molecule has 18 heavy (non-hydrogen) atoms. The molecular formula is C14H23N3O. The monoisotopic (exact) mass is 249 g/mol. The lowest BCUT2D eigenvalue weighted by molar-refractivity contribution is 0.249. The van der Waals surface area contributed by atoms with Gasteiger partial charge in [-0.25, -0.2) is 10.2 Å². The number of rotatable bonds is 5. The Morgan fingerprint density at radius 3 is 2.78 bits per heavy atom. The van der Waals surface area contributed by atoms with Crippen LogP contribution in [0.3, 0.4) is 0 Å². The van der Waals surface area contributed by atoms with Gasteiger partial charge < -0.3 is 5.73 Å². The highest BCUT2D eigenvalue weighted by Crippen LogP contribution is 2.38. The van der Waals surface area contributed by atoms with Crippen LogP contribution in [-0.4, -0.2) is 11.7 Å². The number of urea groups is 1. The smallest absolute Gasteiger partial charge is 0.332 e. The Balaban J connectivity index is 2.57. The van der Waals surface area contributed by atoms with Gasteiger partial charge in [0.15, 0.2) is 0 Å². The molecule has 1 aliphatic carbocycles. The van der Waals surface area contributed by atoms with Crippen molar-refractivity contribution in [1.29, 1.82) is 0 Å². The molecular weight excluding hydrogens is 226 g/mol. The van der Waals surface area contributed by atoms with Crippen molar-refractivity contribution >= 4 is 11.7 Å². The van der Waals surface area contributed by atoms with Gasteiger partial charge in [0.25, 0.3) is 0 Å². The quantitative estimate of drug-likeness (QED) is 0.439. The van der Waals surface area contributed by atoms with Gasteiger partial charge in [-0.15, -0.1) is 0 Å². The van der Waals surface area contributed by atoms with Crippen LogP contribution in [-0.2, 0) is 0 Å². The van der Waals surface area contributed by atoms with Crippen molar-refractivity contribution in [2.45, 2.75) is 46.5 Å². The lowest BCUT2D eigenvalue weighted by Crippen LogP contribution is -2.25. The number of primary amides is 1. The van der Waals surface area contributed by atoms with Gasteiger partial charge in [-0.1, -0.05) is 23.3 Å². The molecule has 100 valence electrons. The highest BCUT2D eigenvalue weighted by molar-refractivity contribution is 5.83. The zero-order chi connectivity index (χ0) is 13.7. The van der Waals surface area contributed by atoms with Crippen molar-refractivity contribution in [3.8, 4) is 0 Å². The highest BCUT2D eigenvalue weighted by Gasteiger charge is 2.23. The molecule has 2 amide bonds. The molecule has 1 aliphatic rings. The molecule has 3 N–H and O–H groups in total. The number of carbonyl (C=O) groups is 1. The maximum Gasteiger partial charge on any atom is 0.332 e. The standard InChI is InChI=1S/C14H23N3O/c1-9(2)12-7-5-10(3)13(12)8-6-11(4)16-17-14(15)18/h12H,1,5-8H2,2-4H3,(H3,15,17,18)/t12-/m1/s1. The summed E-state index contributed by atoms with van der Waals surface area (Å²) in [6.07, 6.45) is 4.19. The number of hydrazone groups is 1. The fourth-order valence-corrected chi connectivity index (χ4v) is 2.45. The maximum atomic E-state index is 10.5. The van der Waals surface area contributed by atoms with E-state index in [1.165, 1.54) is 29.6 Å². The molecule has 0 heterocycles. The minimum Gasteiger partial charge on any atom is -0.350 e. The van der Waals surface area contributed by atoms with Gasteiger partial charge in [0, 0.05) is 11.6 Å². The van der Waals surface area contributed by atoms with Gasteiger partial charge in [-0.05, 0) is 46.5 Å². The van der Waals surface area contributed by atoms with E-state index >= 15 is 0 Å². The van der Waals surface area contributed by atoms with Crippen LogP contribution in [0.25, 0.3) is 0 Å². The number of nitrogens with two attached hydrogens (primary N) is 1. The van der Waals surface area contributed by atoms with Gasteiger partial charge in [0.1, 0.15) is 0 Å². The summed E-state index contributed by atoms with van der Waals surface area (Å²) in [7, 11) is 0. The van der Waals surface area contributed by atoms with Gasteiger partial charge in [-0.3, -0.25) is 0 Å². The summed E-state index contributed by atoms with van der Waals surface area (Å²) in [6, 6.07) is -0.620. The number of nitrogens with one attached hydrogen (secondary N) is 1. The van der Waals surface area contributed by atoms with Crippen molar-refractivity contribution in [2.24, 2.45) is 16.8 Å². The van der Waals surface area contributed by atoms with Gasteiger partial charge >= 0.3 is 6.03 Å². The number of hydrogen-bond donors (Lipinski definition) is 2. The first kappa shape index (κ1) is 14.5. The fourth-order valence-electron chi connectivity index (χ4n) is 2.45. The molecule has 4 heteroatoms. The third-order valence-electron chi connectivity index (χ3n) is 3.48. The molecule has 0 aromatic rings. The van der Waals surface area contributed by atoms with E-state index in [0.29, 0.717) is 5.92 Å². The van der Waals surface area contributed by atoms with E-state index in [1.807, 2.05) is 6.92 Å². The largest absolute Gasteiger partial charge is 0.350 e. The number of hydrogen-bond acceptors (Lipinski definition) is 2. The lowest BCUT2D eigenvalue weighted by Gasteiger charge is -2.15. The number of carbonyl (C=O) groups excluding carboxylic acids is 1. The molecule has 0 saturated carbocycles. The van der Waals surface area contributed by atoms with E-state index < -0.39 is 6.03 Å². The first-order valence-electron chi connectivity index (χ1n) is 6.34. The summed E-state index contributed by atoms with van der Waals surface area (Å²) in [5.74, 6) is 0.530. The molecule has 0 spiro atoms. The fraction of sp³-hybridized carbons (Fsp3) is 0.571. The first-order chi connectivity index (χ1) is 8.41. The predicted molar refractivity (Wildman–Crippen MR) is 75.3 cm³/mol. The van der Waals surface area contributed by atoms with E-state index in [9.17, 15) is 4.79 Å². The van der Waals surface area contributed by atoms with Crippen molar-refractivity contribution in [3.05, 3.63) is 23.3 Å². The van der Waals surface area contributed by atoms with Crippen LogP contribution < -0.4 is 11.2 Å². The normalized spacial score (nSPS) is 20.2. The number of nitrogens with zero attached hydrogens (tertiary/aromatic N) is 1. The summed E-state index contributed by atoms with van der Waals surface area (Å²) in [4.78, 5) is 10.5. The lowest BCUT2D eigenvalue weighted by atomic mass is 9.90. The molecule has 0 unspecified atom stereocenters. The molecule has 1 rings (SSSR count). The Kier molecular flexibility index (Phi) is 5.13. The van der Waals surface area contributed by atoms with Crippen LogP contribution >= 0.6 is 0 Å². The van der Waals surface area contributed by atoms with Gasteiger partial charge in [-0.2, -0.15) is 5.10 Å². The van der Waals surface area contributed by atoms with Crippen LogP contribution in [0.2, 0.25) is 0 Å². The predicted octanol–water partition coefficient (Wildman–Crippen LogP) is 3.11. The Bertz CT molecular complexity index is 407. The molecule has 0 bridgehead atoms. The topological polar surface area (TPSA) is 67.5 Å². The summed E-state index contributed by atoms with van der Waals surface area (Å²) in [5, 5.41) is 3.93. The Morgan fingerprint density at radius 2 is 2.22 bits per heavy atom. The second kappa shape index (κ2) is 6.38. The molecule has 0 aromatic heterocycles. The Morgan fingerprint density at radius 1 is 1.56 bits per heavy atom. The summed E-state index contributed by atoms with van der Waals surface area (Å²) in [5.41, 5.74) is 12.3. The number of allylic oxidation sites excluding steroid dienone is 3. The molecule has 0 aliphatic heterocycles. The van der Waals surface area contributed by atoms with Crippen LogP contribution in [0.4, 0.5) is 4.79 Å². The molecule has 0 fully saturated rings. The highest BCUT2D eigenvalue weighted by atomic mass is 16.2. The summed E-state index contributed by atoms with van der Waals surface area (Å²) in [6.45, 7) is 10.3. The summed E-state index contributed by atoms with van der Waals surface area (Å²) >= 11 is 0. The molecule has 1 atom stereocenters. The van der Waals surface area contributed by atoms with E-state index in [-0.39, 0.29) is 0 Å². The molecule has 0 saturated heterocycles. The third kappa shape index (κ3) is 4.02. The SMILES string of the molecule is C=C(C)[C@H]1CCC(C)=C1CCC(C)=NNC(N)=O. The van der Waals surface area contributed by atoms with E-state index in [4.69, 9.17) is 5.73 Å². The van der Waals surface area contributed by atoms with Gasteiger partial charge in [0.05, 0.1) is 0 Å². The van der Waals surface area contributed by atoms with Crippen molar-refractivity contribution in [2.75, 3.05) is 0 Å². The van der Waals surface area contributed by atoms with Gasteiger partial charge in [0.2, 0.25) is 0 Å². The van der Waals surface area contributed by atoms with Crippen LogP contribution in [0.15, 0.2) is 28.4 Å². The molecule has 0 radical (unpaired) electrons. The van der Waals surface area contributed by atoms with Crippen LogP contribution in [0.5, 0.6) is 0 Å². The van der Waals surface area contributed by atoms with Crippen LogP contribution in [0.1, 0.15) is 46.5 Å². The first-order valence-corrected chi connectivity index (χ1v) is 6.34. The van der Waals surface area contributed by atoms with Crippen molar-refractivity contribution < 1.29 is 4.79 Å². The van der Waals surface area contributed by atoms with Crippen LogP contribution in [0, 0.1) is 5.92 Å². The minimum absolute atomic E-state index is 0.530. The zero-order valence-corrected chi connectivity index (χ0v) is 11.5. The second-order valence-corrected chi connectivity index (χ2v) is 5.07.